The molecule has 0 bridgehead atoms. The predicted octanol–water partition coefficient (Wildman–Crippen LogP) is 3.22. The van der Waals surface area contributed by atoms with Gasteiger partial charge in [0.2, 0.25) is 0 Å². The van der Waals surface area contributed by atoms with E-state index in [0.29, 0.717) is 12.3 Å². The number of hydroxylamine groups is 1. The number of carboxylic acids is 1. The van der Waals surface area contributed by atoms with E-state index < -0.39 is 21.6 Å². The summed E-state index contributed by atoms with van der Waals surface area (Å²) in [5.41, 5.74) is -0.706. The third-order valence-corrected chi connectivity index (χ3v) is 5.22. The minimum Gasteiger partial charge on any atom is -0.479 e. The molecule has 1 N–H and O–H groups in total. The maximum absolute atomic E-state index is 12.8. The fourth-order valence-corrected chi connectivity index (χ4v) is 3.33. The lowest BCUT2D eigenvalue weighted by molar-refractivity contribution is -0.202. The zero-order valence-electron chi connectivity index (χ0n) is 14.9. The van der Waals surface area contributed by atoms with Gasteiger partial charge in [0.05, 0.1) is 4.90 Å². The fraction of sp³-hybridized carbons (Fsp3) is 0.588. The van der Waals surface area contributed by atoms with Gasteiger partial charge in [0, 0.05) is 6.54 Å². The molecular formula is C17H27NO5S. The highest BCUT2D eigenvalue weighted by Crippen LogP contribution is 2.22. The highest BCUT2D eigenvalue weighted by molar-refractivity contribution is 7.89. The van der Waals surface area contributed by atoms with E-state index in [-0.39, 0.29) is 11.4 Å². The SMILES string of the molecule is Cc1ccc(S(=O)(=O)N(CCCC(C)C)OC(C)(C)C(=O)O)cc1. The first kappa shape index (κ1) is 20.6. The van der Waals surface area contributed by atoms with Gasteiger partial charge in [0.1, 0.15) is 0 Å². The molecule has 0 aliphatic carbocycles. The quantitative estimate of drug-likeness (QED) is 0.686. The van der Waals surface area contributed by atoms with Gasteiger partial charge in [-0.15, -0.1) is 0 Å². The molecule has 0 aliphatic rings. The smallest absolute Gasteiger partial charge is 0.337 e. The second kappa shape index (κ2) is 8.09. The summed E-state index contributed by atoms with van der Waals surface area (Å²) in [6.45, 7) is 8.71. The van der Waals surface area contributed by atoms with Crippen LogP contribution in [-0.2, 0) is 19.7 Å². The number of rotatable bonds is 9. The minimum absolute atomic E-state index is 0.0823. The summed E-state index contributed by atoms with van der Waals surface area (Å²) in [6, 6.07) is 6.39. The Hall–Kier alpha value is -1.44. The number of benzene rings is 1. The lowest BCUT2D eigenvalue weighted by Crippen LogP contribution is -2.45. The van der Waals surface area contributed by atoms with E-state index in [1.165, 1.54) is 26.0 Å². The summed E-state index contributed by atoms with van der Waals surface area (Å²) >= 11 is 0. The Balaban J connectivity index is 3.10. The van der Waals surface area contributed by atoms with Crippen LogP contribution < -0.4 is 0 Å². The van der Waals surface area contributed by atoms with Gasteiger partial charge in [-0.2, -0.15) is 0 Å². The number of carboxylic acid groups (broad SMARTS) is 1. The van der Waals surface area contributed by atoms with Crippen LogP contribution in [0.15, 0.2) is 29.2 Å². The molecule has 1 rings (SSSR count). The maximum Gasteiger partial charge on any atom is 0.337 e. The van der Waals surface area contributed by atoms with Crippen LogP contribution in [0.25, 0.3) is 0 Å². The van der Waals surface area contributed by atoms with E-state index in [1.54, 1.807) is 12.1 Å². The summed E-state index contributed by atoms with van der Waals surface area (Å²) in [4.78, 5) is 16.8. The Bertz CT molecular complexity index is 650. The van der Waals surface area contributed by atoms with Gasteiger partial charge in [-0.05, 0) is 51.7 Å². The van der Waals surface area contributed by atoms with Crippen molar-refractivity contribution in [3.05, 3.63) is 29.8 Å². The van der Waals surface area contributed by atoms with Crippen molar-refractivity contribution in [2.75, 3.05) is 6.54 Å². The van der Waals surface area contributed by atoms with Crippen LogP contribution >= 0.6 is 0 Å². The number of aliphatic carboxylic acids is 1. The van der Waals surface area contributed by atoms with E-state index in [1.807, 2.05) is 20.8 Å². The molecule has 7 heteroatoms. The Labute approximate surface area is 144 Å². The lowest BCUT2D eigenvalue weighted by atomic mass is 10.1. The first-order chi connectivity index (χ1) is 11.0. The molecule has 136 valence electrons. The Morgan fingerprint density at radius 1 is 1.25 bits per heavy atom. The van der Waals surface area contributed by atoms with Crippen molar-refractivity contribution in [2.24, 2.45) is 5.92 Å². The zero-order valence-corrected chi connectivity index (χ0v) is 15.8. The molecule has 24 heavy (non-hydrogen) atoms. The van der Waals surface area contributed by atoms with Crippen molar-refractivity contribution < 1.29 is 23.2 Å². The summed E-state index contributed by atoms with van der Waals surface area (Å²) in [7, 11) is -3.93. The average molecular weight is 357 g/mol. The van der Waals surface area contributed by atoms with E-state index in [9.17, 15) is 18.3 Å². The van der Waals surface area contributed by atoms with Crippen LogP contribution in [0, 0.1) is 12.8 Å². The normalized spacial score (nSPS) is 12.8. The number of hydrogen-bond donors (Lipinski definition) is 1. The molecule has 0 saturated carbocycles. The molecule has 0 spiro atoms. The van der Waals surface area contributed by atoms with E-state index in [0.717, 1.165) is 16.5 Å². The highest BCUT2D eigenvalue weighted by Gasteiger charge is 2.36. The van der Waals surface area contributed by atoms with Gasteiger partial charge in [0.25, 0.3) is 10.0 Å². The Kier molecular flexibility index (Phi) is 6.95. The molecule has 0 radical (unpaired) electrons. The number of carbonyl (C=O) groups is 1. The van der Waals surface area contributed by atoms with Crippen LogP contribution in [-0.4, -0.2) is 36.1 Å². The molecule has 6 nitrogen and oxygen atoms in total. The second-order valence-corrected chi connectivity index (χ2v) is 8.62. The number of sulfonamides is 1. The van der Waals surface area contributed by atoms with Gasteiger partial charge in [0.15, 0.2) is 5.60 Å². The van der Waals surface area contributed by atoms with E-state index >= 15 is 0 Å². The van der Waals surface area contributed by atoms with Gasteiger partial charge in [-0.3, -0.25) is 4.84 Å². The zero-order chi connectivity index (χ0) is 18.5. The monoisotopic (exact) mass is 357 g/mol. The van der Waals surface area contributed by atoms with E-state index in [2.05, 4.69) is 0 Å². The molecule has 0 amide bonds. The molecule has 0 aliphatic heterocycles. The predicted molar refractivity (Wildman–Crippen MR) is 91.9 cm³/mol. The maximum atomic E-state index is 12.8. The molecule has 0 unspecified atom stereocenters. The van der Waals surface area contributed by atoms with Crippen LogP contribution in [0.1, 0.15) is 46.1 Å². The standard InChI is InChI=1S/C17H27NO5S/c1-13(2)7-6-12-18(23-17(4,5)16(19)20)24(21,22)15-10-8-14(3)9-11-15/h8-11,13H,6-7,12H2,1-5H3,(H,19,20). The van der Waals surface area contributed by atoms with Crippen LogP contribution in [0.4, 0.5) is 0 Å². The molecule has 1 aromatic rings. The van der Waals surface area contributed by atoms with Crippen LogP contribution in [0.3, 0.4) is 0 Å². The summed E-state index contributed by atoms with van der Waals surface area (Å²) < 4.78 is 26.5. The van der Waals surface area contributed by atoms with Gasteiger partial charge in [-0.25, -0.2) is 13.2 Å². The number of nitrogens with zero attached hydrogens (tertiary/aromatic N) is 1. The molecule has 0 aromatic heterocycles. The molecule has 1 aromatic carbocycles. The van der Waals surface area contributed by atoms with Crippen molar-refractivity contribution >= 4 is 16.0 Å². The third-order valence-electron chi connectivity index (χ3n) is 3.55. The van der Waals surface area contributed by atoms with Crippen LogP contribution in [0.5, 0.6) is 0 Å². The first-order valence-electron chi connectivity index (χ1n) is 7.99. The highest BCUT2D eigenvalue weighted by atomic mass is 32.2. The van der Waals surface area contributed by atoms with Gasteiger partial charge < -0.3 is 5.11 Å². The lowest BCUT2D eigenvalue weighted by Gasteiger charge is -2.29. The minimum atomic E-state index is -3.93. The fourth-order valence-electron chi connectivity index (χ4n) is 1.96. The van der Waals surface area contributed by atoms with Gasteiger partial charge >= 0.3 is 5.97 Å². The topological polar surface area (TPSA) is 83.9 Å². The molecule has 0 heterocycles. The molecule has 0 saturated heterocycles. The van der Waals surface area contributed by atoms with Crippen molar-refractivity contribution in [1.82, 2.24) is 4.47 Å². The van der Waals surface area contributed by atoms with Gasteiger partial charge in [-0.1, -0.05) is 36.0 Å². The molecule has 0 atom stereocenters. The Morgan fingerprint density at radius 2 is 1.79 bits per heavy atom. The summed E-state index contributed by atoms with van der Waals surface area (Å²) in [5, 5.41) is 9.23. The second-order valence-electron chi connectivity index (χ2n) is 6.79. The van der Waals surface area contributed by atoms with Crippen LogP contribution in [0.2, 0.25) is 0 Å². The third kappa shape index (κ3) is 5.58. The average Bonchev–Trinajstić information content (AvgIpc) is 2.46. The Morgan fingerprint density at radius 3 is 2.25 bits per heavy atom. The van der Waals surface area contributed by atoms with Crippen molar-refractivity contribution in [2.45, 2.75) is 58.0 Å². The molecular weight excluding hydrogens is 330 g/mol. The largest absolute Gasteiger partial charge is 0.479 e. The number of aryl methyl sites for hydroxylation is 1. The summed E-state index contributed by atoms with van der Waals surface area (Å²) in [5.74, 6) is -0.808. The number of hydrogen-bond acceptors (Lipinski definition) is 4. The van der Waals surface area contributed by atoms with Crippen molar-refractivity contribution in [3.8, 4) is 0 Å². The van der Waals surface area contributed by atoms with E-state index in [4.69, 9.17) is 4.84 Å². The van der Waals surface area contributed by atoms with Crippen molar-refractivity contribution in [1.29, 1.82) is 0 Å². The first-order valence-corrected chi connectivity index (χ1v) is 9.43. The molecule has 0 fully saturated rings. The summed E-state index contributed by atoms with van der Waals surface area (Å²) in [6.07, 6.45) is 1.40. The van der Waals surface area contributed by atoms with Crippen molar-refractivity contribution in [3.63, 3.8) is 0 Å².